The summed E-state index contributed by atoms with van der Waals surface area (Å²) in [5.74, 6) is 0.629. The SMILES string of the molecule is C[C@H](NC(=O)c1cc2n(n1)[C@H](C(F)(F)F)C[C@@H](c1ccc3c(c1)OCO3)N2)c1ccccc1. The van der Waals surface area contributed by atoms with E-state index in [0.717, 1.165) is 10.2 Å². The van der Waals surface area contributed by atoms with Crippen molar-refractivity contribution in [2.75, 3.05) is 12.1 Å². The minimum Gasteiger partial charge on any atom is -0.454 e. The lowest BCUT2D eigenvalue weighted by Crippen LogP contribution is -2.35. The predicted molar refractivity (Wildman–Crippen MR) is 113 cm³/mol. The molecule has 10 heteroatoms. The number of carbonyl (C=O) groups is 1. The van der Waals surface area contributed by atoms with Crippen molar-refractivity contribution in [1.82, 2.24) is 15.1 Å². The van der Waals surface area contributed by atoms with E-state index in [0.29, 0.717) is 17.1 Å². The predicted octanol–water partition coefficient (Wildman–Crippen LogP) is 4.76. The van der Waals surface area contributed by atoms with Crippen molar-refractivity contribution in [2.24, 2.45) is 0 Å². The van der Waals surface area contributed by atoms with Crippen molar-refractivity contribution >= 4 is 11.7 Å². The van der Waals surface area contributed by atoms with Gasteiger partial charge in [0, 0.05) is 12.5 Å². The van der Waals surface area contributed by atoms with Crippen LogP contribution in [-0.2, 0) is 0 Å². The first kappa shape index (κ1) is 21.2. The van der Waals surface area contributed by atoms with Crippen LogP contribution in [0.25, 0.3) is 0 Å². The molecule has 0 fully saturated rings. The van der Waals surface area contributed by atoms with Gasteiger partial charge in [-0.25, -0.2) is 4.68 Å². The molecule has 1 amide bonds. The van der Waals surface area contributed by atoms with Gasteiger partial charge in [-0.15, -0.1) is 0 Å². The zero-order chi connectivity index (χ0) is 23.2. The molecule has 0 saturated heterocycles. The number of alkyl halides is 3. The normalized spacial score (nSPS) is 20.0. The number of halogens is 3. The van der Waals surface area contributed by atoms with E-state index in [9.17, 15) is 18.0 Å². The number of carbonyl (C=O) groups excluding carboxylic acids is 1. The molecule has 2 aliphatic rings. The van der Waals surface area contributed by atoms with Crippen LogP contribution in [0.4, 0.5) is 19.0 Å². The molecule has 1 aromatic heterocycles. The number of anilines is 1. The highest BCUT2D eigenvalue weighted by Crippen LogP contribution is 2.45. The Hall–Kier alpha value is -3.69. The highest BCUT2D eigenvalue weighted by atomic mass is 19.4. The Bertz CT molecular complexity index is 1180. The molecular formula is C23H21F3N4O3. The zero-order valence-corrected chi connectivity index (χ0v) is 17.6. The molecule has 3 heterocycles. The molecule has 0 radical (unpaired) electrons. The Morgan fingerprint density at radius 1 is 1.15 bits per heavy atom. The maximum Gasteiger partial charge on any atom is 0.410 e. The Morgan fingerprint density at radius 2 is 1.91 bits per heavy atom. The van der Waals surface area contributed by atoms with Gasteiger partial charge in [0.15, 0.2) is 23.2 Å². The topological polar surface area (TPSA) is 77.4 Å². The molecule has 0 saturated carbocycles. The van der Waals surface area contributed by atoms with Crippen LogP contribution in [0.2, 0.25) is 0 Å². The quantitative estimate of drug-likeness (QED) is 0.589. The molecule has 172 valence electrons. The van der Waals surface area contributed by atoms with Crippen LogP contribution in [-0.4, -0.2) is 28.7 Å². The highest BCUT2D eigenvalue weighted by Gasteiger charge is 2.47. The molecule has 0 spiro atoms. The molecule has 0 bridgehead atoms. The highest BCUT2D eigenvalue weighted by molar-refractivity contribution is 5.93. The average molecular weight is 458 g/mol. The third-order valence-corrected chi connectivity index (χ3v) is 5.87. The fourth-order valence-corrected chi connectivity index (χ4v) is 4.13. The second-order valence-electron chi connectivity index (χ2n) is 8.07. The van der Waals surface area contributed by atoms with Crippen LogP contribution in [0, 0.1) is 0 Å². The lowest BCUT2D eigenvalue weighted by molar-refractivity contribution is -0.173. The van der Waals surface area contributed by atoms with Gasteiger partial charge in [0.2, 0.25) is 6.79 Å². The Morgan fingerprint density at radius 3 is 2.67 bits per heavy atom. The summed E-state index contributed by atoms with van der Waals surface area (Å²) in [6.07, 6.45) is -4.82. The summed E-state index contributed by atoms with van der Waals surface area (Å²) in [6.45, 7) is 1.88. The average Bonchev–Trinajstić information content (AvgIpc) is 3.44. The van der Waals surface area contributed by atoms with Gasteiger partial charge in [-0.1, -0.05) is 36.4 Å². The fraction of sp³-hybridized carbons (Fsp3) is 0.304. The maximum atomic E-state index is 13.9. The van der Waals surface area contributed by atoms with Crippen LogP contribution in [0.5, 0.6) is 11.5 Å². The first-order valence-corrected chi connectivity index (χ1v) is 10.5. The van der Waals surface area contributed by atoms with Gasteiger partial charge in [-0.3, -0.25) is 4.79 Å². The summed E-state index contributed by atoms with van der Waals surface area (Å²) >= 11 is 0. The lowest BCUT2D eigenvalue weighted by Gasteiger charge is -2.33. The number of aromatic nitrogens is 2. The Kier molecular flexibility index (Phi) is 5.15. The number of nitrogens with zero attached hydrogens (tertiary/aromatic N) is 2. The van der Waals surface area contributed by atoms with E-state index in [1.165, 1.54) is 6.07 Å². The van der Waals surface area contributed by atoms with Crippen LogP contribution >= 0.6 is 0 Å². The molecule has 0 unspecified atom stereocenters. The van der Waals surface area contributed by atoms with Gasteiger partial charge in [0.05, 0.1) is 12.1 Å². The van der Waals surface area contributed by atoms with Gasteiger partial charge in [-0.2, -0.15) is 18.3 Å². The van der Waals surface area contributed by atoms with E-state index in [2.05, 4.69) is 15.7 Å². The third kappa shape index (κ3) is 4.08. The molecule has 3 aromatic rings. The smallest absolute Gasteiger partial charge is 0.410 e. The molecular weight excluding hydrogens is 437 g/mol. The molecule has 3 atom stereocenters. The van der Waals surface area contributed by atoms with E-state index >= 15 is 0 Å². The molecule has 7 nitrogen and oxygen atoms in total. The maximum absolute atomic E-state index is 13.9. The number of hydrogen-bond donors (Lipinski definition) is 2. The summed E-state index contributed by atoms with van der Waals surface area (Å²) in [6, 6.07) is 12.8. The van der Waals surface area contributed by atoms with Gasteiger partial charge < -0.3 is 20.1 Å². The van der Waals surface area contributed by atoms with Gasteiger partial charge in [-0.05, 0) is 30.2 Å². The number of amides is 1. The summed E-state index contributed by atoms with van der Waals surface area (Å²) in [4.78, 5) is 12.8. The Balaban J connectivity index is 1.41. The van der Waals surface area contributed by atoms with E-state index in [4.69, 9.17) is 9.47 Å². The molecule has 2 N–H and O–H groups in total. The summed E-state index contributed by atoms with van der Waals surface area (Å²) in [7, 11) is 0. The van der Waals surface area contributed by atoms with Crippen LogP contribution < -0.4 is 20.1 Å². The van der Waals surface area contributed by atoms with Crippen molar-refractivity contribution in [3.05, 3.63) is 71.4 Å². The number of benzene rings is 2. The minimum atomic E-state index is -4.54. The number of nitrogens with one attached hydrogen (secondary N) is 2. The number of hydrogen-bond acceptors (Lipinski definition) is 5. The monoisotopic (exact) mass is 458 g/mol. The van der Waals surface area contributed by atoms with E-state index in [1.54, 1.807) is 25.1 Å². The lowest BCUT2D eigenvalue weighted by atomic mass is 9.96. The Labute approximate surface area is 187 Å². The first-order valence-electron chi connectivity index (χ1n) is 10.5. The van der Waals surface area contributed by atoms with Crippen molar-refractivity contribution < 1.29 is 27.4 Å². The number of rotatable bonds is 4. The second kappa shape index (κ2) is 8.02. The van der Waals surface area contributed by atoms with Crippen molar-refractivity contribution in [3.63, 3.8) is 0 Å². The molecule has 0 aliphatic carbocycles. The van der Waals surface area contributed by atoms with Gasteiger partial charge in [0.25, 0.3) is 5.91 Å². The third-order valence-electron chi connectivity index (χ3n) is 5.87. The zero-order valence-electron chi connectivity index (χ0n) is 17.6. The van der Waals surface area contributed by atoms with Gasteiger partial charge in [0.1, 0.15) is 5.82 Å². The van der Waals surface area contributed by atoms with Crippen molar-refractivity contribution in [2.45, 2.75) is 37.6 Å². The first-order chi connectivity index (χ1) is 15.8. The van der Waals surface area contributed by atoms with Crippen LogP contribution in [0.3, 0.4) is 0 Å². The second-order valence-corrected chi connectivity index (χ2v) is 8.07. The standard InChI is InChI=1S/C23H21F3N4O3/c1-13(14-5-3-2-4-6-14)27-22(31)17-11-21-28-16(10-20(23(24,25)26)30(21)29-17)15-7-8-18-19(9-15)33-12-32-18/h2-9,11,13,16,20,28H,10,12H2,1H3,(H,27,31)/t13-,16-,20-/m0/s1. The number of ether oxygens (including phenoxy) is 2. The fourth-order valence-electron chi connectivity index (χ4n) is 4.13. The number of fused-ring (bicyclic) bond motifs is 2. The van der Waals surface area contributed by atoms with Gasteiger partial charge >= 0.3 is 6.18 Å². The summed E-state index contributed by atoms with van der Waals surface area (Å²) in [5, 5.41) is 9.89. The molecule has 5 rings (SSSR count). The van der Waals surface area contributed by atoms with Crippen molar-refractivity contribution in [1.29, 1.82) is 0 Å². The van der Waals surface area contributed by atoms with E-state index in [1.807, 2.05) is 30.3 Å². The van der Waals surface area contributed by atoms with E-state index in [-0.39, 0.29) is 30.8 Å². The van der Waals surface area contributed by atoms with Crippen LogP contribution in [0.1, 0.15) is 53.1 Å². The summed E-state index contributed by atoms with van der Waals surface area (Å²) < 4.78 is 53.3. The van der Waals surface area contributed by atoms with Crippen LogP contribution in [0.15, 0.2) is 54.6 Å². The minimum absolute atomic E-state index is 0.0781. The van der Waals surface area contributed by atoms with E-state index < -0.39 is 24.2 Å². The van der Waals surface area contributed by atoms with Crippen molar-refractivity contribution in [3.8, 4) is 11.5 Å². The molecule has 2 aliphatic heterocycles. The summed E-state index contributed by atoms with van der Waals surface area (Å²) in [5.41, 5.74) is 1.43. The molecule has 33 heavy (non-hydrogen) atoms. The molecule has 2 aromatic carbocycles. The largest absolute Gasteiger partial charge is 0.454 e.